The molecule has 1 amide bonds. The number of anilines is 2. The number of para-hydroxylation sites is 1. The fourth-order valence-corrected chi connectivity index (χ4v) is 3.41. The van der Waals surface area contributed by atoms with Crippen molar-refractivity contribution in [1.29, 1.82) is 0 Å². The molecule has 0 aliphatic carbocycles. The first-order valence-electron chi connectivity index (χ1n) is 6.94. The molecular weight excluding hydrogens is 300 g/mol. The van der Waals surface area contributed by atoms with E-state index < -0.39 is 0 Å². The summed E-state index contributed by atoms with van der Waals surface area (Å²) >= 11 is 1.18. The third-order valence-electron chi connectivity index (χ3n) is 3.55. The van der Waals surface area contributed by atoms with Gasteiger partial charge in [-0.2, -0.15) is 0 Å². The molecule has 2 aromatic rings. The van der Waals surface area contributed by atoms with Gasteiger partial charge in [-0.15, -0.1) is 0 Å². The minimum absolute atomic E-state index is 0.00692. The Balaban J connectivity index is 1.74. The summed E-state index contributed by atoms with van der Waals surface area (Å²) in [6, 6.07) is 9.27. The predicted molar refractivity (Wildman–Crippen MR) is 87.1 cm³/mol. The lowest BCUT2D eigenvalue weighted by atomic mass is 10.1. The zero-order valence-corrected chi connectivity index (χ0v) is 12.9. The molecule has 1 atom stereocenters. The van der Waals surface area contributed by atoms with E-state index in [1.165, 1.54) is 23.4 Å². The highest BCUT2D eigenvalue weighted by Gasteiger charge is 2.30. The maximum Gasteiger partial charge on any atom is 0.253 e. The molecule has 22 heavy (non-hydrogen) atoms. The van der Waals surface area contributed by atoms with E-state index in [1.807, 2.05) is 36.1 Å². The molecule has 0 bridgehead atoms. The van der Waals surface area contributed by atoms with E-state index in [0.29, 0.717) is 5.16 Å². The van der Waals surface area contributed by atoms with Crippen LogP contribution in [0.5, 0.6) is 0 Å². The lowest BCUT2D eigenvalue weighted by molar-refractivity contribution is -0.116. The summed E-state index contributed by atoms with van der Waals surface area (Å²) in [5.74, 6) is 0.344. The number of aromatic nitrogens is 2. The van der Waals surface area contributed by atoms with Crippen molar-refractivity contribution >= 4 is 29.2 Å². The third-order valence-corrected chi connectivity index (χ3v) is 4.41. The fraction of sp³-hybridized carbons (Fsp3) is 0.267. The highest BCUT2D eigenvalue weighted by molar-refractivity contribution is 7.99. The maximum atomic E-state index is 12.5. The first kappa shape index (κ1) is 14.6. The quantitative estimate of drug-likeness (QED) is 0.660. The molecule has 0 saturated carbocycles. The number of nitrogens with one attached hydrogen (secondary N) is 1. The number of carbonyl (C=O) groups excluding carboxylic acids is 1. The van der Waals surface area contributed by atoms with Gasteiger partial charge in [0.15, 0.2) is 5.16 Å². The van der Waals surface area contributed by atoms with E-state index in [-0.39, 0.29) is 29.1 Å². The molecule has 1 aromatic carbocycles. The predicted octanol–water partition coefficient (Wildman–Crippen LogP) is 1.42. The van der Waals surface area contributed by atoms with Crippen molar-refractivity contribution in [3.05, 3.63) is 46.2 Å². The van der Waals surface area contributed by atoms with Crippen LogP contribution in [0.2, 0.25) is 0 Å². The van der Waals surface area contributed by atoms with Crippen LogP contribution in [-0.4, -0.2) is 27.7 Å². The Hall–Kier alpha value is -2.28. The summed E-state index contributed by atoms with van der Waals surface area (Å²) in [4.78, 5) is 32.3. The molecule has 0 unspecified atom stereocenters. The monoisotopic (exact) mass is 316 g/mol. The summed E-state index contributed by atoms with van der Waals surface area (Å²) in [5.41, 5.74) is 7.37. The first-order valence-corrected chi connectivity index (χ1v) is 7.93. The van der Waals surface area contributed by atoms with Crippen molar-refractivity contribution in [2.45, 2.75) is 24.5 Å². The van der Waals surface area contributed by atoms with Crippen molar-refractivity contribution in [2.24, 2.45) is 0 Å². The molecule has 1 aliphatic rings. The van der Waals surface area contributed by atoms with E-state index in [1.54, 1.807) is 0 Å². The summed E-state index contributed by atoms with van der Waals surface area (Å²) in [6.45, 7) is 2.03. The van der Waals surface area contributed by atoms with Crippen LogP contribution < -0.4 is 16.2 Å². The Morgan fingerprint density at radius 1 is 1.50 bits per heavy atom. The van der Waals surface area contributed by atoms with Gasteiger partial charge in [0, 0.05) is 17.8 Å². The second-order valence-electron chi connectivity index (χ2n) is 5.21. The number of nitrogens with two attached hydrogens (primary N) is 1. The van der Waals surface area contributed by atoms with E-state index in [4.69, 9.17) is 5.73 Å². The topological polar surface area (TPSA) is 92.1 Å². The Morgan fingerprint density at radius 2 is 2.27 bits per heavy atom. The van der Waals surface area contributed by atoms with Gasteiger partial charge in [0.05, 0.1) is 5.75 Å². The van der Waals surface area contributed by atoms with Gasteiger partial charge in [0.2, 0.25) is 5.91 Å². The van der Waals surface area contributed by atoms with Gasteiger partial charge in [0.1, 0.15) is 5.82 Å². The Labute approximate surface area is 131 Å². The van der Waals surface area contributed by atoms with E-state index in [9.17, 15) is 9.59 Å². The van der Waals surface area contributed by atoms with Crippen molar-refractivity contribution in [3.8, 4) is 0 Å². The smallest absolute Gasteiger partial charge is 0.253 e. The van der Waals surface area contributed by atoms with Gasteiger partial charge >= 0.3 is 0 Å². The number of nitrogens with zero attached hydrogens (tertiary/aromatic N) is 2. The number of H-pyrrole nitrogens is 1. The number of hydrogen-bond donors (Lipinski definition) is 2. The van der Waals surface area contributed by atoms with Gasteiger partial charge in [0.25, 0.3) is 5.56 Å². The number of aromatic amines is 1. The molecule has 3 rings (SSSR count). The molecule has 7 heteroatoms. The normalized spacial score (nSPS) is 16.6. The van der Waals surface area contributed by atoms with E-state index >= 15 is 0 Å². The van der Waals surface area contributed by atoms with Crippen molar-refractivity contribution in [3.63, 3.8) is 0 Å². The lowest BCUT2D eigenvalue weighted by Gasteiger charge is -2.22. The van der Waals surface area contributed by atoms with Crippen LogP contribution in [0.25, 0.3) is 0 Å². The average molecular weight is 316 g/mol. The third kappa shape index (κ3) is 2.85. The number of thioether (sulfide) groups is 1. The number of rotatable bonds is 3. The van der Waals surface area contributed by atoms with Crippen LogP contribution in [-0.2, 0) is 11.2 Å². The highest BCUT2D eigenvalue weighted by Crippen LogP contribution is 2.32. The van der Waals surface area contributed by atoms with Gasteiger partial charge in [-0.1, -0.05) is 30.0 Å². The fourth-order valence-electron chi connectivity index (χ4n) is 2.67. The van der Waals surface area contributed by atoms with Crippen LogP contribution in [0.1, 0.15) is 12.5 Å². The summed E-state index contributed by atoms with van der Waals surface area (Å²) in [5, 5.41) is 0.360. The Morgan fingerprint density at radius 3 is 3.05 bits per heavy atom. The standard InChI is InChI=1S/C15H16N4O2S/c1-9-6-10-4-2-3-5-11(10)19(9)14(21)8-22-15-17-12(16)7-13(20)18-15/h2-5,7,9H,6,8H2,1H3,(H3,16,17,18,20)/t9-/m1/s1. The van der Waals surface area contributed by atoms with Crippen LogP contribution in [0.3, 0.4) is 0 Å². The van der Waals surface area contributed by atoms with E-state index in [2.05, 4.69) is 9.97 Å². The second-order valence-corrected chi connectivity index (χ2v) is 6.17. The number of carbonyl (C=O) groups is 1. The first-order chi connectivity index (χ1) is 10.5. The molecule has 0 fully saturated rings. The molecule has 0 spiro atoms. The molecule has 0 radical (unpaired) electrons. The van der Waals surface area contributed by atoms with Crippen molar-refractivity contribution < 1.29 is 4.79 Å². The number of nitrogen functional groups attached to an aromatic ring is 1. The summed E-state index contributed by atoms with van der Waals surface area (Å²) in [6.07, 6.45) is 0.861. The zero-order valence-electron chi connectivity index (χ0n) is 12.1. The van der Waals surface area contributed by atoms with Crippen molar-refractivity contribution in [1.82, 2.24) is 9.97 Å². The molecule has 1 aromatic heterocycles. The maximum absolute atomic E-state index is 12.5. The van der Waals surface area contributed by atoms with Crippen LogP contribution >= 0.6 is 11.8 Å². The Kier molecular flexibility index (Phi) is 3.89. The van der Waals surface area contributed by atoms with Crippen LogP contribution in [0.15, 0.2) is 40.3 Å². The zero-order chi connectivity index (χ0) is 15.7. The summed E-state index contributed by atoms with van der Waals surface area (Å²) < 4.78 is 0. The molecule has 114 valence electrons. The van der Waals surface area contributed by atoms with Gasteiger partial charge in [-0.05, 0) is 25.0 Å². The second kappa shape index (κ2) is 5.84. The molecule has 6 nitrogen and oxygen atoms in total. The molecule has 2 heterocycles. The molecule has 3 N–H and O–H groups in total. The largest absolute Gasteiger partial charge is 0.383 e. The number of benzene rings is 1. The lowest BCUT2D eigenvalue weighted by Crippen LogP contribution is -2.37. The number of amides is 1. The average Bonchev–Trinajstić information content (AvgIpc) is 2.79. The van der Waals surface area contributed by atoms with Gasteiger partial charge < -0.3 is 15.6 Å². The van der Waals surface area contributed by atoms with Gasteiger partial charge in [-0.25, -0.2) is 4.98 Å². The number of hydrogen-bond acceptors (Lipinski definition) is 5. The minimum Gasteiger partial charge on any atom is -0.383 e. The molecular formula is C15H16N4O2S. The minimum atomic E-state index is -0.317. The Bertz CT molecular complexity index is 774. The van der Waals surface area contributed by atoms with Crippen LogP contribution in [0.4, 0.5) is 11.5 Å². The van der Waals surface area contributed by atoms with E-state index in [0.717, 1.165) is 12.1 Å². The SMILES string of the molecule is C[C@@H]1Cc2ccccc2N1C(=O)CSc1nc(N)cc(=O)[nH]1. The van der Waals surface area contributed by atoms with Crippen molar-refractivity contribution in [2.75, 3.05) is 16.4 Å². The highest BCUT2D eigenvalue weighted by atomic mass is 32.2. The van der Waals surface area contributed by atoms with Crippen LogP contribution in [0, 0.1) is 0 Å². The number of fused-ring (bicyclic) bond motifs is 1. The summed E-state index contributed by atoms with van der Waals surface area (Å²) in [7, 11) is 0. The molecule has 0 saturated heterocycles. The van der Waals surface area contributed by atoms with Gasteiger partial charge in [-0.3, -0.25) is 9.59 Å². The molecule has 1 aliphatic heterocycles.